The van der Waals surface area contributed by atoms with Gasteiger partial charge >= 0.3 is 0 Å². The lowest BCUT2D eigenvalue weighted by Gasteiger charge is -2.22. The van der Waals surface area contributed by atoms with Crippen molar-refractivity contribution in [2.75, 3.05) is 24.3 Å². The number of para-hydroxylation sites is 2. The van der Waals surface area contributed by atoms with Crippen LogP contribution in [0.25, 0.3) is 0 Å². The summed E-state index contributed by atoms with van der Waals surface area (Å²) in [5.74, 6) is 0.335. The van der Waals surface area contributed by atoms with Gasteiger partial charge in [0.1, 0.15) is 5.75 Å². The highest BCUT2D eigenvalue weighted by atomic mass is 16.5. The number of nitrogens with zero attached hydrogens (tertiary/aromatic N) is 1. The van der Waals surface area contributed by atoms with Crippen molar-refractivity contribution < 1.29 is 14.3 Å². The minimum atomic E-state index is -0.237. The molecular formula is C28H31N3O3. The molecule has 6 nitrogen and oxygen atoms in total. The van der Waals surface area contributed by atoms with Crippen LogP contribution in [0.3, 0.4) is 0 Å². The Morgan fingerprint density at radius 2 is 1.74 bits per heavy atom. The van der Waals surface area contributed by atoms with Gasteiger partial charge in [0, 0.05) is 36.8 Å². The third kappa shape index (κ3) is 6.45. The average molecular weight is 458 g/mol. The molecule has 3 aromatic carbocycles. The number of nitrogens with one attached hydrogen (secondary N) is 2. The van der Waals surface area contributed by atoms with Crippen molar-refractivity contribution in [2.24, 2.45) is 0 Å². The number of rotatable bonds is 10. The molecule has 6 heteroatoms. The molecule has 0 radical (unpaired) electrons. The molecule has 1 saturated carbocycles. The van der Waals surface area contributed by atoms with Crippen LogP contribution in [0.1, 0.15) is 40.7 Å². The second kappa shape index (κ2) is 11.0. The predicted molar refractivity (Wildman–Crippen MR) is 135 cm³/mol. The van der Waals surface area contributed by atoms with Crippen LogP contribution in [-0.2, 0) is 11.3 Å². The summed E-state index contributed by atoms with van der Waals surface area (Å²) < 4.78 is 5.28. The molecule has 4 rings (SSSR count). The Labute approximate surface area is 200 Å². The molecule has 0 atom stereocenters. The van der Waals surface area contributed by atoms with Crippen molar-refractivity contribution in [1.82, 2.24) is 4.90 Å². The Balaban J connectivity index is 1.28. The highest BCUT2D eigenvalue weighted by molar-refractivity contribution is 6.05. The van der Waals surface area contributed by atoms with E-state index in [2.05, 4.69) is 46.7 Å². The zero-order chi connectivity index (χ0) is 23.9. The number of hydrogen-bond donors (Lipinski definition) is 2. The molecule has 34 heavy (non-hydrogen) atoms. The number of amides is 2. The fraction of sp³-hybridized carbons (Fsp3) is 0.286. The van der Waals surface area contributed by atoms with Gasteiger partial charge in [-0.3, -0.25) is 14.5 Å². The molecule has 0 bridgehead atoms. The third-order valence-electron chi connectivity index (χ3n) is 5.94. The summed E-state index contributed by atoms with van der Waals surface area (Å²) in [6.07, 6.45) is 2.83. The molecule has 0 spiro atoms. The fourth-order valence-corrected chi connectivity index (χ4v) is 3.99. The van der Waals surface area contributed by atoms with Crippen molar-refractivity contribution in [3.05, 3.63) is 89.5 Å². The van der Waals surface area contributed by atoms with Gasteiger partial charge in [-0.25, -0.2) is 0 Å². The third-order valence-corrected chi connectivity index (χ3v) is 5.94. The number of hydrogen-bond acceptors (Lipinski definition) is 4. The maximum atomic E-state index is 12.6. The van der Waals surface area contributed by atoms with Gasteiger partial charge in [-0.15, -0.1) is 0 Å². The molecule has 0 unspecified atom stereocenters. The van der Waals surface area contributed by atoms with E-state index in [1.807, 2.05) is 12.1 Å². The lowest BCUT2D eigenvalue weighted by Crippen LogP contribution is -2.29. The van der Waals surface area contributed by atoms with Gasteiger partial charge in [0.15, 0.2) is 0 Å². The minimum Gasteiger partial charge on any atom is -0.495 e. The van der Waals surface area contributed by atoms with E-state index in [1.54, 1.807) is 43.5 Å². The van der Waals surface area contributed by atoms with Crippen molar-refractivity contribution >= 4 is 23.2 Å². The van der Waals surface area contributed by atoms with Gasteiger partial charge in [0.25, 0.3) is 5.91 Å². The first kappa shape index (κ1) is 23.5. The highest BCUT2D eigenvalue weighted by Crippen LogP contribution is 2.28. The monoisotopic (exact) mass is 457 g/mol. The Morgan fingerprint density at radius 3 is 2.44 bits per heavy atom. The van der Waals surface area contributed by atoms with Gasteiger partial charge < -0.3 is 15.4 Å². The van der Waals surface area contributed by atoms with Crippen LogP contribution in [0.2, 0.25) is 0 Å². The molecule has 1 aliphatic rings. The first-order chi connectivity index (χ1) is 16.5. The lowest BCUT2D eigenvalue weighted by molar-refractivity contribution is -0.116. The molecule has 176 valence electrons. The largest absolute Gasteiger partial charge is 0.495 e. The first-order valence-corrected chi connectivity index (χ1v) is 11.7. The van der Waals surface area contributed by atoms with Crippen LogP contribution in [0, 0.1) is 6.92 Å². The molecule has 0 saturated heterocycles. The molecule has 2 amide bonds. The summed E-state index contributed by atoms with van der Waals surface area (Å²) in [5, 5.41) is 5.80. The van der Waals surface area contributed by atoms with E-state index in [0.29, 0.717) is 35.2 Å². The summed E-state index contributed by atoms with van der Waals surface area (Å²) in [5.41, 5.74) is 4.33. The number of carbonyl (C=O) groups is 2. The van der Waals surface area contributed by atoms with Crippen LogP contribution >= 0.6 is 0 Å². The minimum absolute atomic E-state index is 0.0267. The van der Waals surface area contributed by atoms with E-state index in [9.17, 15) is 9.59 Å². The molecule has 0 aliphatic heterocycles. The van der Waals surface area contributed by atoms with E-state index >= 15 is 0 Å². The molecule has 0 aromatic heterocycles. The average Bonchev–Trinajstić information content (AvgIpc) is 3.68. The summed E-state index contributed by atoms with van der Waals surface area (Å²) >= 11 is 0. The summed E-state index contributed by atoms with van der Waals surface area (Å²) in [7, 11) is 1.56. The number of carbonyl (C=O) groups excluding carboxylic acids is 2. The Kier molecular flexibility index (Phi) is 7.60. The number of methoxy groups -OCH3 is 1. The van der Waals surface area contributed by atoms with Crippen molar-refractivity contribution in [3.63, 3.8) is 0 Å². The summed E-state index contributed by atoms with van der Waals surface area (Å²) in [6, 6.07) is 23.3. The summed E-state index contributed by atoms with van der Waals surface area (Å²) in [4.78, 5) is 27.5. The predicted octanol–water partition coefficient (Wildman–Crippen LogP) is 5.25. The van der Waals surface area contributed by atoms with E-state index < -0.39 is 0 Å². The maximum absolute atomic E-state index is 12.6. The van der Waals surface area contributed by atoms with Crippen LogP contribution < -0.4 is 15.4 Å². The Hall–Kier alpha value is -3.64. The topological polar surface area (TPSA) is 70.7 Å². The van der Waals surface area contributed by atoms with E-state index in [-0.39, 0.29) is 11.8 Å². The first-order valence-electron chi connectivity index (χ1n) is 11.7. The summed E-state index contributed by atoms with van der Waals surface area (Å²) in [6.45, 7) is 3.70. The van der Waals surface area contributed by atoms with Crippen molar-refractivity contribution in [1.29, 1.82) is 0 Å². The standard InChI is InChI=1S/C28H31N3O3/c1-20-6-5-7-21(18-20)19-31(24-14-15-24)17-16-27(32)29-23-12-10-22(11-13-23)28(33)30-25-8-3-4-9-26(25)34-2/h3-13,18,24H,14-17,19H2,1-2H3,(H,29,32)(H,30,33). The van der Waals surface area contributed by atoms with E-state index in [1.165, 1.54) is 24.0 Å². The van der Waals surface area contributed by atoms with Crippen LogP contribution in [0.5, 0.6) is 5.75 Å². The number of ether oxygens (including phenoxy) is 1. The zero-order valence-corrected chi connectivity index (χ0v) is 19.7. The lowest BCUT2D eigenvalue weighted by atomic mass is 10.1. The molecular weight excluding hydrogens is 426 g/mol. The second-order valence-electron chi connectivity index (χ2n) is 8.72. The van der Waals surface area contributed by atoms with Crippen molar-refractivity contribution in [3.8, 4) is 5.75 Å². The number of benzene rings is 3. The molecule has 2 N–H and O–H groups in total. The van der Waals surface area contributed by atoms with Crippen molar-refractivity contribution in [2.45, 2.75) is 38.8 Å². The SMILES string of the molecule is COc1ccccc1NC(=O)c1ccc(NC(=O)CCN(Cc2cccc(C)c2)C2CC2)cc1. The van der Waals surface area contributed by atoms with E-state index in [0.717, 1.165) is 13.1 Å². The Morgan fingerprint density at radius 1 is 0.971 bits per heavy atom. The highest BCUT2D eigenvalue weighted by Gasteiger charge is 2.29. The molecule has 1 fully saturated rings. The second-order valence-corrected chi connectivity index (χ2v) is 8.72. The number of aryl methyl sites for hydroxylation is 1. The quantitative estimate of drug-likeness (QED) is 0.436. The van der Waals surface area contributed by atoms with Crippen LogP contribution in [0.15, 0.2) is 72.8 Å². The van der Waals surface area contributed by atoms with Crippen LogP contribution in [-0.4, -0.2) is 36.4 Å². The molecule has 1 aliphatic carbocycles. The smallest absolute Gasteiger partial charge is 0.255 e. The van der Waals surface area contributed by atoms with Crippen LogP contribution in [0.4, 0.5) is 11.4 Å². The Bertz CT molecular complexity index is 1140. The van der Waals surface area contributed by atoms with Gasteiger partial charge in [0.2, 0.25) is 5.91 Å². The molecule has 3 aromatic rings. The zero-order valence-electron chi connectivity index (χ0n) is 19.7. The molecule has 0 heterocycles. The van der Waals surface area contributed by atoms with Gasteiger partial charge in [-0.2, -0.15) is 0 Å². The van der Waals surface area contributed by atoms with E-state index in [4.69, 9.17) is 4.74 Å². The van der Waals surface area contributed by atoms with Gasteiger partial charge in [0.05, 0.1) is 12.8 Å². The van der Waals surface area contributed by atoms with Gasteiger partial charge in [-0.1, -0.05) is 42.0 Å². The number of anilines is 2. The normalized spacial score (nSPS) is 12.9. The van der Waals surface area contributed by atoms with Gasteiger partial charge in [-0.05, 0) is 61.7 Å². The maximum Gasteiger partial charge on any atom is 0.255 e. The fourth-order valence-electron chi connectivity index (χ4n) is 3.99.